The van der Waals surface area contributed by atoms with E-state index in [9.17, 15) is 4.79 Å². The predicted molar refractivity (Wildman–Crippen MR) is 83.8 cm³/mol. The second kappa shape index (κ2) is 7.47. The van der Waals surface area contributed by atoms with E-state index >= 15 is 0 Å². The van der Waals surface area contributed by atoms with Gasteiger partial charge in [0.15, 0.2) is 0 Å². The van der Waals surface area contributed by atoms with E-state index in [2.05, 4.69) is 13.0 Å². The van der Waals surface area contributed by atoms with Crippen LogP contribution in [0.5, 0.6) is 0 Å². The van der Waals surface area contributed by atoms with Crippen molar-refractivity contribution in [2.24, 2.45) is 11.7 Å². The van der Waals surface area contributed by atoms with Crippen LogP contribution in [-0.2, 0) is 0 Å². The predicted octanol–water partition coefficient (Wildman–Crippen LogP) is 4.64. The lowest BCUT2D eigenvalue weighted by atomic mass is 9.76. The SMILES string of the molecule is CCCCCC1CCC(c2ccccc2C(N)=O)CC1. The first kappa shape index (κ1) is 15.1. The fraction of sp³-hybridized carbons (Fsp3) is 0.611. The lowest BCUT2D eigenvalue weighted by molar-refractivity contribution is 0.0998. The first-order valence-corrected chi connectivity index (χ1v) is 8.11. The lowest BCUT2D eigenvalue weighted by Crippen LogP contribution is -2.19. The van der Waals surface area contributed by atoms with Gasteiger partial charge in [-0.05, 0) is 49.1 Å². The Morgan fingerprint density at radius 2 is 1.85 bits per heavy atom. The maximum absolute atomic E-state index is 11.5. The van der Waals surface area contributed by atoms with Gasteiger partial charge in [0, 0.05) is 5.56 Å². The molecule has 1 amide bonds. The topological polar surface area (TPSA) is 43.1 Å². The van der Waals surface area contributed by atoms with Crippen LogP contribution < -0.4 is 5.73 Å². The number of nitrogens with two attached hydrogens (primary N) is 1. The average molecular weight is 273 g/mol. The van der Waals surface area contributed by atoms with E-state index in [0.717, 1.165) is 11.5 Å². The number of rotatable bonds is 6. The second-order valence-electron chi connectivity index (χ2n) is 6.16. The van der Waals surface area contributed by atoms with E-state index in [1.165, 1.54) is 56.9 Å². The van der Waals surface area contributed by atoms with Crippen molar-refractivity contribution in [3.63, 3.8) is 0 Å². The van der Waals surface area contributed by atoms with Crippen LogP contribution in [0.4, 0.5) is 0 Å². The molecule has 2 rings (SSSR count). The summed E-state index contributed by atoms with van der Waals surface area (Å²) < 4.78 is 0. The van der Waals surface area contributed by atoms with Gasteiger partial charge in [0.05, 0.1) is 0 Å². The van der Waals surface area contributed by atoms with Crippen LogP contribution in [0.2, 0.25) is 0 Å². The molecule has 0 spiro atoms. The third-order valence-corrected chi connectivity index (χ3v) is 4.73. The van der Waals surface area contributed by atoms with Gasteiger partial charge in [-0.2, -0.15) is 0 Å². The first-order valence-electron chi connectivity index (χ1n) is 8.11. The zero-order chi connectivity index (χ0) is 14.4. The molecule has 0 atom stereocenters. The zero-order valence-electron chi connectivity index (χ0n) is 12.6. The van der Waals surface area contributed by atoms with E-state index in [1.54, 1.807) is 0 Å². The van der Waals surface area contributed by atoms with Crippen LogP contribution in [-0.4, -0.2) is 5.91 Å². The molecule has 2 N–H and O–H groups in total. The fourth-order valence-electron chi connectivity index (χ4n) is 3.52. The largest absolute Gasteiger partial charge is 0.366 e. The molecule has 0 bridgehead atoms. The van der Waals surface area contributed by atoms with Gasteiger partial charge in [-0.1, -0.05) is 50.8 Å². The summed E-state index contributed by atoms with van der Waals surface area (Å²) in [5.74, 6) is 1.14. The maximum Gasteiger partial charge on any atom is 0.248 e. The minimum Gasteiger partial charge on any atom is -0.366 e. The monoisotopic (exact) mass is 273 g/mol. The van der Waals surface area contributed by atoms with E-state index < -0.39 is 0 Å². The number of benzene rings is 1. The Labute approximate surface area is 122 Å². The molecule has 0 heterocycles. The van der Waals surface area contributed by atoms with Crippen LogP contribution in [0, 0.1) is 5.92 Å². The summed E-state index contributed by atoms with van der Waals surface area (Å²) in [7, 11) is 0. The molecule has 2 heteroatoms. The van der Waals surface area contributed by atoms with Gasteiger partial charge < -0.3 is 5.73 Å². The van der Waals surface area contributed by atoms with Crippen LogP contribution in [0.1, 0.15) is 80.1 Å². The molecule has 2 nitrogen and oxygen atoms in total. The van der Waals surface area contributed by atoms with Crippen molar-refractivity contribution in [2.45, 2.75) is 64.2 Å². The number of carbonyl (C=O) groups excluding carboxylic acids is 1. The third-order valence-electron chi connectivity index (χ3n) is 4.73. The highest BCUT2D eigenvalue weighted by molar-refractivity contribution is 5.94. The molecule has 1 aromatic carbocycles. The van der Waals surface area contributed by atoms with Crippen molar-refractivity contribution in [3.8, 4) is 0 Å². The van der Waals surface area contributed by atoms with Crippen molar-refractivity contribution < 1.29 is 4.79 Å². The van der Waals surface area contributed by atoms with E-state index in [-0.39, 0.29) is 5.91 Å². The molecule has 1 aliphatic carbocycles. The van der Waals surface area contributed by atoms with Crippen molar-refractivity contribution >= 4 is 5.91 Å². The summed E-state index contributed by atoms with van der Waals surface area (Å²) in [5, 5.41) is 0. The van der Waals surface area contributed by atoms with Gasteiger partial charge in [0.1, 0.15) is 0 Å². The minimum absolute atomic E-state index is 0.286. The van der Waals surface area contributed by atoms with Gasteiger partial charge >= 0.3 is 0 Å². The van der Waals surface area contributed by atoms with E-state index in [1.807, 2.05) is 18.2 Å². The van der Waals surface area contributed by atoms with Gasteiger partial charge in [-0.15, -0.1) is 0 Å². The molecule has 1 aliphatic rings. The van der Waals surface area contributed by atoms with Crippen molar-refractivity contribution in [1.29, 1.82) is 0 Å². The van der Waals surface area contributed by atoms with Gasteiger partial charge in [-0.3, -0.25) is 4.79 Å². The molecular weight excluding hydrogens is 246 g/mol. The van der Waals surface area contributed by atoms with Crippen molar-refractivity contribution in [1.82, 2.24) is 0 Å². The second-order valence-corrected chi connectivity index (χ2v) is 6.16. The van der Waals surface area contributed by atoms with Crippen LogP contribution >= 0.6 is 0 Å². The summed E-state index contributed by atoms with van der Waals surface area (Å²) >= 11 is 0. The Hall–Kier alpha value is -1.31. The van der Waals surface area contributed by atoms with Crippen molar-refractivity contribution in [3.05, 3.63) is 35.4 Å². The molecule has 20 heavy (non-hydrogen) atoms. The van der Waals surface area contributed by atoms with Crippen LogP contribution in [0.15, 0.2) is 24.3 Å². The summed E-state index contributed by atoms with van der Waals surface area (Å²) in [4.78, 5) is 11.5. The van der Waals surface area contributed by atoms with Gasteiger partial charge in [0.2, 0.25) is 5.91 Å². The number of hydrogen-bond donors (Lipinski definition) is 1. The maximum atomic E-state index is 11.5. The smallest absolute Gasteiger partial charge is 0.248 e. The van der Waals surface area contributed by atoms with E-state index in [4.69, 9.17) is 5.73 Å². The molecule has 0 saturated heterocycles. The Balaban J connectivity index is 1.92. The number of carbonyl (C=O) groups is 1. The molecule has 0 unspecified atom stereocenters. The Kier molecular flexibility index (Phi) is 5.63. The number of primary amides is 1. The number of unbranched alkanes of at least 4 members (excludes halogenated alkanes) is 2. The summed E-state index contributed by atoms with van der Waals surface area (Å²) in [5.41, 5.74) is 7.39. The van der Waals surface area contributed by atoms with Crippen LogP contribution in [0.25, 0.3) is 0 Å². The normalized spacial score (nSPS) is 22.6. The Bertz CT molecular complexity index is 433. The molecule has 1 saturated carbocycles. The standard InChI is InChI=1S/C18H27NO/c1-2-3-4-7-14-10-12-15(13-11-14)16-8-5-6-9-17(16)18(19)20/h5-6,8-9,14-15H,2-4,7,10-13H2,1H3,(H2,19,20). The molecule has 1 fully saturated rings. The molecule has 0 radical (unpaired) electrons. The molecule has 0 aliphatic heterocycles. The van der Waals surface area contributed by atoms with Crippen LogP contribution in [0.3, 0.4) is 0 Å². The highest BCUT2D eigenvalue weighted by atomic mass is 16.1. The summed E-state index contributed by atoms with van der Waals surface area (Å²) in [6.07, 6.45) is 10.5. The zero-order valence-corrected chi connectivity index (χ0v) is 12.6. The van der Waals surface area contributed by atoms with Gasteiger partial charge in [0.25, 0.3) is 0 Å². The summed E-state index contributed by atoms with van der Waals surface area (Å²) in [6, 6.07) is 7.88. The van der Waals surface area contributed by atoms with E-state index in [0.29, 0.717) is 5.92 Å². The Morgan fingerprint density at radius 3 is 2.50 bits per heavy atom. The first-order chi connectivity index (χ1) is 9.72. The van der Waals surface area contributed by atoms with Gasteiger partial charge in [-0.25, -0.2) is 0 Å². The lowest BCUT2D eigenvalue weighted by Gasteiger charge is -2.29. The minimum atomic E-state index is -0.286. The third kappa shape index (κ3) is 3.84. The fourth-order valence-corrected chi connectivity index (χ4v) is 3.52. The number of hydrogen-bond acceptors (Lipinski definition) is 1. The molecule has 110 valence electrons. The average Bonchev–Trinajstić information content (AvgIpc) is 2.48. The molecular formula is C18H27NO. The quantitative estimate of drug-likeness (QED) is 0.754. The molecule has 1 aromatic rings. The summed E-state index contributed by atoms with van der Waals surface area (Å²) in [6.45, 7) is 2.26. The molecule has 0 aromatic heterocycles. The number of amides is 1. The van der Waals surface area contributed by atoms with Crippen molar-refractivity contribution in [2.75, 3.05) is 0 Å². The highest BCUT2D eigenvalue weighted by Crippen LogP contribution is 2.38. The highest BCUT2D eigenvalue weighted by Gasteiger charge is 2.24. The Morgan fingerprint density at radius 1 is 1.15 bits per heavy atom.